The van der Waals surface area contributed by atoms with Crippen molar-refractivity contribution >= 4 is 37.6 Å². The molecule has 8 heteroatoms. The summed E-state index contributed by atoms with van der Waals surface area (Å²) < 4.78 is 37.4. The van der Waals surface area contributed by atoms with E-state index in [1.165, 1.54) is 19.2 Å². The Morgan fingerprint density at radius 1 is 1.17 bits per heavy atom. The Morgan fingerprint density at radius 3 is 2.61 bits per heavy atom. The van der Waals surface area contributed by atoms with Crippen LogP contribution >= 0.6 is 15.9 Å². The van der Waals surface area contributed by atoms with Gasteiger partial charge in [-0.15, -0.1) is 0 Å². The second-order valence-corrected chi connectivity index (χ2v) is 6.93. The predicted molar refractivity (Wildman–Crippen MR) is 88.9 cm³/mol. The fourth-order valence-corrected chi connectivity index (χ4v) is 3.78. The molecule has 2 aromatic rings. The third kappa shape index (κ3) is 4.70. The van der Waals surface area contributed by atoms with E-state index in [2.05, 4.69) is 25.4 Å². The van der Waals surface area contributed by atoms with Crippen molar-refractivity contribution in [2.45, 2.75) is 4.90 Å². The third-order valence-corrected chi connectivity index (χ3v) is 5.19. The summed E-state index contributed by atoms with van der Waals surface area (Å²) >= 11 is 3.21. The number of nitrogens with one attached hydrogen (secondary N) is 1. The predicted octanol–water partition coefficient (Wildman–Crippen LogP) is 2.80. The monoisotopic (exact) mass is 399 g/mol. The first kappa shape index (κ1) is 17.3. The van der Waals surface area contributed by atoms with Gasteiger partial charge in [0.15, 0.2) is 6.61 Å². The first-order valence-electron chi connectivity index (χ1n) is 6.49. The number of rotatable bonds is 6. The summed E-state index contributed by atoms with van der Waals surface area (Å²) in [5.74, 6) is -0.174. The van der Waals surface area contributed by atoms with E-state index in [1.54, 1.807) is 36.4 Å². The minimum Gasteiger partial charge on any atom is -0.482 e. The van der Waals surface area contributed by atoms with E-state index in [4.69, 9.17) is 4.74 Å². The van der Waals surface area contributed by atoms with Crippen LogP contribution in [-0.2, 0) is 19.6 Å². The molecule has 0 amide bonds. The zero-order valence-corrected chi connectivity index (χ0v) is 14.6. The average molecular weight is 400 g/mol. The van der Waals surface area contributed by atoms with Gasteiger partial charge in [0.25, 0.3) is 10.0 Å². The number of halogens is 1. The van der Waals surface area contributed by atoms with E-state index < -0.39 is 16.0 Å². The maximum atomic E-state index is 12.4. The van der Waals surface area contributed by atoms with Crippen LogP contribution in [0.4, 0.5) is 5.69 Å². The van der Waals surface area contributed by atoms with Gasteiger partial charge >= 0.3 is 5.97 Å². The second kappa shape index (κ2) is 7.47. The zero-order chi connectivity index (χ0) is 16.9. The van der Waals surface area contributed by atoms with Crippen molar-refractivity contribution in [3.8, 4) is 5.75 Å². The molecular weight excluding hydrogens is 386 g/mol. The molecule has 0 heterocycles. The zero-order valence-electron chi connectivity index (χ0n) is 12.2. The molecule has 0 fully saturated rings. The van der Waals surface area contributed by atoms with E-state index in [0.717, 1.165) is 0 Å². The van der Waals surface area contributed by atoms with Gasteiger partial charge in [-0.2, -0.15) is 0 Å². The number of methoxy groups -OCH3 is 1. The molecule has 122 valence electrons. The molecule has 0 saturated heterocycles. The van der Waals surface area contributed by atoms with Crippen LogP contribution in [0, 0.1) is 0 Å². The number of sulfonamides is 1. The number of benzene rings is 2. The van der Waals surface area contributed by atoms with E-state index in [0.29, 0.717) is 15.9 Å². The van der Waals surface area contributed by atoms with Crippen LogP contribution in [0.25, 0.3) is 0 Å². The fraction of sp³-hybridized carbons (Fsp3) is 0.133. The lowest BCUT2D eigenvalue weighted by Gasteiger charge is -2.11. The molecule has 6 nitrogen and oxygen atoms in total. The molecule has 0 spiro atoms. The largest absolute Gasteiger partial charge is 0.482 e. The first-order chi connectivity index (χ1) is 10.9. The minimum atomic E-state index is -3.74. The van der Waals surface area contributed by atoms with Crippen molar-refractivity contribution in [3.05, 3.63) is 53.0 Å². The molecule has 0 aliphatic heterocycles. The van der Waals surface area contributed by atoms with Crippen LogP contribution in [0.5, 0.6) is 5.75 Å². The summed E-state index contributed by atoms with van der Waals surface area (Å²) in [6.45, 7) is -0.253. The molecule has 0 saturated carbocycles. The molecule has 0 unspecified atom stereocenters. The molecule has 23 heavy (non-hydrogen) atoms. The maximum absolute atomic E-state index is 12.4. The molecule has 2 aromatic carbocycles. The van der Waals surface area contributed by atoms with Crippen LogP contribution in [0.1, 0.15) is 0 Å². The fourth-order valence-electron chi connectivity index (χ4n) is 1.72. The van der Waals surface area contributed by atoms with Gasteiger partial charge in [0.2, 0.25) is 0 Å². The van der Waals surface area contributed by atoms with E-state index in [9.17, 15) is 13.2 Å². The molecule has 0 aliphatic rings. The SMILES string of the molecule is COC(=O)COc1cccc(NS(=O)(=O)c2ccccc2Br)c1. The Morgan fingerprint density at radius 2 is 1.91 bits per heavy atom. The summed E-state index contributed by atoms with van der Waals surface area (Å²) in [5.41, 5.74) is 0.322. The van der Waals surface area contributed by atoms with Crippen molar-refractivity contribution in [2.24, 2.45) is 0 Å². The molecule has 0 aromatic heterocycles. The Balaban J connectivity index is 2.17. The normalized spacial score (nSPS) is 10.9. The molecule has 0 bridgehead atoms. The molecule has 1 N–H and O–H groups in total. The Hall–Kier alpha value is -2.06. The first-order valence-corrected chi connectivity index (χ1v) is 8.77. The molecule has 2 rings (SSSR count). The lowest BCUT2D eigenvalue weighted by atomic mass is 10.3. The maximum Gasteiger partial charge on any atom is 0.343 e. The van der Waals surface area contributed by atoms with Crippen LogP contribution in [0.2, 0.25) is 0 Å². The second-order valence-electron chi connectivity index (χ2n) is 4.43. The highest BCUT2D eigenvalue weighted by molar-refractivity contribution is 9.10. The number of carbonyl (C=O) groups excluding carboxylic acids is 1. The van der Waals surface area contributed by atoms with Gasteiger partial charge in [-0.05, 0) is 40.2 Å². The summed E-state index contributed by atoms with van der Waals surface area (Å²) in [6, 6.07) is 12.8. The summed E-state index contributed by atoms with van der Waals surface area (Å²) in [4.78, 5) is 11.2. The highest BCUT2D eigenvalue weighted by Gasteiger charge is 2.17. The van der Waals surface area contributed by atoms with Crippen molar-refractivity contribution in [2.75, 3.05) is 18.4 Å². The van der Waals surface area contributed by atoms with Crippen LogP contribution < -0.4 is 9.46 Å². The standard InChI is InChI=1S/C15H14BrNO5S/c1-21-15(18)10-22-12-6-4-5-11(9-12)17-23(19,20)14-8-3-2-7-13(14)16/h2-9,17H,10H2,1H3. The molecule has 0 atom stereocenters. The van der Waals surface area contributed by atoms with Crippen molar-refractivity contribution in [1.29, 1.82) is 0 Å². The smallest absolute Gasteiger partial charge is 0.343 e. The third-order valence-electron chi connectivity index (χ3n) is 2.80. The minimum absolute atomic E-state index is 0.126. The Kier molecular flexibility index (Phi) is 5.62. The summed E-state index contributed by atoms with van der Waals surface area (Å²) in [5, 5.41) is 0. The Labute approximate surface area is 142 Å². The van der Waals surface area contributed by atoms with Gasteiger partial charge < -0.3 is 9.47 Å². The highest BCUT2D eigenvalue weighted by atomic mass is 79.9. The molecule has 0 radical (unpaired) electrons. The lowest BCUT2D eigenvalue weighted by Crippen LogP contribution is -2.14. The van der Waals surface area contributed by atoms with Gasteiger partial charge in [0.1, 0.15) is 10.6 Å². The topological polar surface area (TPSA) is 81.7 Å². The summed E-state index contributed by atoms with van der Waals surface area (Å²) in [7, 11) is -2.48. The lowest BCUT2D eigenvalue weighted by molar-refractivity contribution is -0.142. The number of anilines is 1. The average Bonchev–Trinajstić information content (AvgIpc) is 2.52. The van der Waals surface area contributed by atoms with Crippen LogP contribution in [0.3, 0.4) is 0 Å². The van der Waals surface area contributed by atoms with Crippen molar-refractivity contribution in [3.63, 3.8) is 0 Å². The van der Waals surface area contributed by atoms with E-state index in [1.807, 2.05) is 0 Å². The van der Waals surface area contributed by atoms with Crippen molar-refractivity contribution < 1.29 is 22.7 Å². The van der Waals surface area contributed by atoms with Gasteiger partial charge in [-0.25, -0.2) is 13.2 Å². The Bertz CT molecular complexity index is 807. The van der Waals surface area contributed by atoms with Crippen LogP contribution in [0.15, 0.2) is 57.9 Å². The summed E-state index contributed by atoms with van der Waals surface area (Å²) in [6.07, 6.45) is 0. The van der Waals surface area contributed by atoms with Gasteiger partial charge in [0.05, 0.1) is 12.8 Å². The van der Waals surface area contributed by atoms with Crippen molar-refractivity contribution in [1.82, 2.24) is 0 Å². The van der Waals surface area contributed by atoms with Crippen LogP contribution in [-0.4, -0.2) is 28.1 Å². The molecule has 0 aliphatic carbocycles. The van der Waals surface area contributed by atoms with Gasteiger partial charge in [-0.3, -0.25) is 4.72 Å². The molecular formula is C15H14BrNO5S. The number of hydrogen-bond donors (Lipinski definition) is 1. The quantitative estimate of drug-likeness (QED) is 0.755. The van der Waals surface area contributed by atoms with E-state index in [-0.39, 0.29) is 11.5 Å². The van der Waals surface area contributed by atoms with E-state index >= 15 is 0 Å². The van der Waals surface area contributed by atoms with Gasteiger partial charge in [0, 0.05) is 10.5 Å². The number of esters is 1. The number of hydrogen-bond acceptors (Lipinski definition) is 5. The highest BCUT2D eigenvalue weighted by Crippen LogP contribution is 2.25. The number of carbonyl (C=O) groups is 1. The van der Waals surface area contributed by atoms with Gasteiger partial charge in [-0.1, -0.05) is 18.2 Å². The number of ether oxygens (including phenoxy) is 2.